The molecule has 1 N–H and O–H groups in total. The summed E-state index contributed by atoms with van der Waals surface area (Å²) in [6.45, 7) is 22.8. The van der Waals surface area contributed by atoms with E-state index in [1.54, 1.807) is 6.07 Å². The Morgan fingerprint density at radius 1 is 0.432 bits per heavy atom. The van der Waals surface area contributed by atoms with Crippen LogP contribution in [0, 0.1) is 40.4 Å². The number of carbonyl (C=O) groups excluding carboxylic acids is 10. The molecule has 14 bridgehead atoms. The van der Waals surface area contributed by atoms with E-state index in [9.17, 15) is 138 Å². The molecule has 21 fully saturated rings. The van der Waals surface area contributed by atoms with Gasteiger partial charge in [0.05, 0.1) is 45.0 Å². The van der Waals surface area contributed by atoms with Crippen molar-refractivity contribution in [3.63, 3.8) is 0 Å². The molecule has 0 aliphatic carbocycles. The van der Waals surface area contributed by atoms with Crippen molar-refractivity contribution in [2.45, 2.75) is 250 Å². The van der Waals surface area contributed by atoms with Gasteiger partial charge < -0.3 is 85.6 Å². The van der Waals surface area contributed by atoms with E-state index in [-0.39, 0.29) is 25.9 Å². The highest BCUT2D eigenvalue weighted by molar-refractivity contribution is 7.90. The van der Waals surface area contributed by atoms with Crippen LogP contribution in [0.5, 0.6) is 0 Å². The van der Waals surface area contributed by atoms with Crippen LogP contribution in [-0.2, 0) is 229 Å². The Balaban J connectivity index is 0.000000123. The number of hydrogen-bond acceptors (Lipinski definition) is 51. The monoisotopic (exact) mass is 2130 g/mol. The molecule has 38 atom stereocenters. The van der Waals surface area contributed by atoms with Gasteiger partial charge in [0.25, 0.3) is 70.8 Å². The summed E-state index contributed by atoms with van der Waals surface area (Å²) in [7, 11) is -27.0. The topological polar surface area (TPSA) is 699 Å². The van der Waals surface area contributed by atoms with Gasteiger partial charge in [-0.1, -0.05) is 46.1 Å². The largest absolute Gasteiger partial charge is 0.469 e. The summed E-state index contributed by atoms with van der Waals surface area (Å²) < 4.78 is 359. The number of aliphatic hydroxyl groups excluding tert-OH is 1. The average Bonchev–Trinajstić information content (AvgIpc) is 1.51. The van der Waals surface area contributed by atoms with Crippen LogP contribution in [-0.4, -0.2) is 369 Å². The molecule has 64 heteroatoms. The first kappa shape index (κ1) is 104. The third kappa shape index (κ3) is 15.9. The Hall–Kier alpha value is -9.51. The molecule has 21 heterocycles. The van der Waals surface area contributed by atoms with Gasteiger partial charge >= 0.3 is 72.0 Å². The Bertz CT molecular complexity index is 6230. The van der Waals surface area contributed by atoms with E-state index in [0.29, 0.717) is 0 Å². The van der Waals surface area contributed by atoms with E-state index < -0.39 is 379 Å². The van der Waals surface area contributed by atoms with Gasteiger partial charge in [0, 0.05) is 75.1 Å². The van der Waals surface area contributed by atoms with Gasteiger partial charge in [0.2, 0.25) is 14.2 Å². The van der Waals surface area contributed by atoms with Crippen molar-refractivity contribution in [2.24, 2.45) is 17.8 Å². The number of fused-ring (bicyclic) bond motifs is 7. The summed E-state index contributed by atoms with van der Waals surface area (Å²) in [4.78, 5) is 114. The van der Waals surface area contributed by atoms with Crippen molar-refractivity contribution < 1.29 is 248 Å². The number of esters is 10. The molecule has 0 spiro atoms. The third-order valence-electron chi connectivity index (χ3n) is 26.8. The lowest BCUT2D eigenvalue weighted by molar-refractivity contribution is -0.199. The summed E-state index contributed by atoms with van der Waals surface area (Å²) in [5, 5.41) is 22.9. The molecule has 38 unspecified atom stereocenters. The minimum atomic E-state index is -5.02. The van der Waals surface area contributed by atoms with E-state index in [0.717, 1.165) is 56.8 Å². The van der Waals surface area contributed by atoms with Crippen molar-refractivity contribution in [3.8, 4) is 12.1 Å². The third-order valence-corrected chi connectivity index (χ3v) is 39.5. The number of carbonyl (C=O) groups is 10. The molecular formula is C75H76F6N2O49S7. The Morgan fingerprint density at radius 3 is 1.32 bits per heavy atom. The second-order valence-electron chi connectivity index (χ2n) is 33.7. The molecule has 51 nitrogen and oxygen atoms in total. The zero-order valence-electron chi connectivity index (χ0n) is 70.8. The highest BCUT2D eigenvalue weighted by Gasteiger charge is 2.87. The van der Waals surface area contributed by atoms with Crippen molar-refractivity contribution in [2.75, 3.05) is 27.4 Å². The highest BCUT2D eigenvalue weighted by atomic mass is 32.2. The van der Waals surface area contributed by atoms with Gasteiger partial charge in [-0.2, -0.15) is 95.8 Å². The summed E-state index contributed by atoms with van der Waals surface area (Å²) in [5.41, 5.74) is -2.92. The van der Waals surface area contributed by atoms with Gasteiger partial charge in [-0.3, -0.25) is 43.7 Å². The van der Waals surface area contributed by atoms with Crippen molar-refractivity contribution in [1.82, 2.24) is 0 Å². The van der Waals surface area contributed by atoms with Crippen LogP contribution in [0.4, 0.5) is 26.3 Å². The zero-order valence-corrected chi connectivity index (χ0v) is 76.6. The van der Waals surface area contributed by atoms with Crippen LogP contribution in [0.3, 0.4) is 0 Å². The number of hydrogen-bond donors (Lipinski definition) is 1. The summed E-state index contributed by atoms with van der Waals surface area (Å²) >= 11 is 0. The molecule has 21 aliphatic rings. The van der Waals surface area contributed by atoms with Crippen LogP contribution in [0.15, 0.2) is 88.6 Å². The van der Waals surface area contributed by atoms with Gasteiger partial charge in [-0.15, -0.1) is 0 Å². The number of methoxy groups -OCH3 is 2. The SMILES string of the molecule is C=CC(=O)OC1C2CC3(C#N)C(O2)C1OS3(=O)=O.C=CC(=O)OC1C2CC3(C(=O)OC)C(O2)C1OS3(=O)=O.C=CC(=O)OC1C2CC3(C(F)(F)F)C(O2)C1OS3(=O)=O.C=CC(=O)OC1C2OC3C1OS(=O)(=O)C3C2C#N.C=CC(=O)OC1C2OS(=O)(=O)C3C2OC1C3C(=O)OC.C=CC(=O)OC1C2OS(=O)(=O)C3C2OC1C3C(F)(F)F.C=CC(=O)OC1C2OS(=O)(=O)C3CC1(COC(C)=O)OC23CO. The Morgan fingerprint density at radius 2 is 0.842 bits per heavy atom. The van der Waals surface area contributed by atoms with Crippen LogP contribution < -0.4 is 0 Å². The van der Waals surface area contributed by atoms with Gasteiger partial charge in [-0.05, 0) is 0 Å². The van der Waals surface area contributed by atoms with Crippen molar-refractivity contribution >= 4 is 131 Å². The fraction of sp³-hybridized carbons (Fsp3) is 0.653. The lowest BCUT2D eigenvalue weighted by Gasteiger charge is -2.32. The molecule has 0 radical (unpaired) electrons. The lowest BCUT2D eigenvalue weighted by Crippen LogP contribution is -2.57. The second-order valence-corrected chi connectivity index (χ2v) is 46.1. The molecule has 21 saturated heterocycles. The molecular weight excluding hydrogens is 2050 g/mol. The maximum atomic E-state index is 13.2. The molecule has 0 saturated carbocycles. The average molecular weight is 2130 g/mol. The highest BCUT2D eigenvalue weighted by Crippen LogP contribution is 2.65. The summed E-state index contributed by atoms with van der Waals surface area (Å²) in [6, 6.07) is 3.68. The quantitative estimate of drug-likeness (QED) is 0.0416. The van der Waals surface area contributed by atoms with Crippen molar-refractivity contribution in [1.29, 1.82) is 10.5 Å². The maximum Gasteiger partial charge on any atom is 0.413 e. The first-order valence-electron chi connectivity index (χ1n) is 40.5. The van der Waals surface area contributed by atoms with E-state index in [4.69, 9.17) is 102 Å². The number of halogens is 6. The predicted octanol–water partition coefficient (Wildman–Crippen LogP) is -4.93. The number of alkyl halides is 6. The number of nitriles is 2. The van der Waals surface area contributed by atoms with Gasteiger partial charge in [0.15, 0.2) is 42.7 Å². The fourth-order valence-electron chi connectivity index (χ4n) is 21.2. The van der Waals surface area contributed by atoms with E-state index in [2.05, 4.69) is 63.9 Å². The first-order chi connectivity index (χ1) is 64.7. The number of rotatable bonds is 19. The van der Waals surface area contributed by atoms with Crippen LogP contribution in [0.1, 0.15) is 32.6 Å². The minimum absolute atomic E-state index is 0.0396. The standard InChI is InChI=1S/C13H16O9S.2C11H12O8S.2C10H9F3O6S.2C10H9NO6S/c1-3-9(16)20-10-11-13(5-14)8(23(17,18)21-11)4-12(10,22-13)6-19-7(2)15;1-3-6(12)18-7-5-4-11(10(13)16-2)9(17-5)8(7)19-20(11,14)15;1-3-4(12)17-7-6-5(11(13)16-2)10-9(18-6)8(7)19-20(10,14)15;1-2-5(14)18-6-4-3-9(10(11,12)13)8(17-4)7(6)19-20(9,15)16;1-2-3(14)17-6-5-4(10(11,12)13)9-8(18-5)7(6)19-20(9,15)16;1-2-6(12)16-7-5-3-10(4-11)9(15-5)8(7)17-18(10,13)14;1-2-5(12)15-7-6-4(3-11)10-9(16-6)8(7)17-18(10,13)14/h3,8,10-11,14H,1,4-6H2,2H3;3,5,7-9H,1,4H2,2H3;3,5-10H,1H2,2H3;2,4,6-8H,1,3H2;2,4-9H,1H2;2,5,7-9H,1,3H2;2,4,6-10H,1H2. The molecule has 21 aliphatic heterocycles. The normalized spacial score (nSPS) is 44.4. The van der Waals surface area contributed by atoms with E-state index in [1.165, 1.54) is 6.92 Å². The Kier molecular flexibility index (Phi) is 26.5. The van der Waals surface area contributed by atoms with Crippen molar-refractivity contribution in [3.05, 3.63) is 88.6 Å². The zero-order chi connectivity index (χ0) is 102. The van der Waals surface area contributed by atoms with Crippen LogP contribution in [0.2, 0.25) is 0 Å². The molecule has 0 aromatic carbocycles. The molecule has 764 valence electrons. The summed E-state index contributed by atoms with van der Waals surface area (Å²) in [6.07, 6.45) is -31.6. The molecule has 0 amide bonds. The van der Waals surface area contributed by atoms with E-state index >= 15 is 0 Å². The molecule has 139 heavy (non-hydrogen) atoms. The first-order valence-corrected chi connectivity index (χ1v) is 50.6. The van der Waals surface area contributed by atoms with Gasteiger partial charge in [0.1, 0.15) is 161 Å². The molecule has 21 rings (SSSR count). The maximum absolute atomic E-state index is 13.2. The van der Waals surface area contributed by atoms with Gasteiger partial charge in [-0.25, -0.2) is 33.6 Å². The number of aliphatic hydroxyl groups is 1. The minimum Gasteiger partial charge on any atom is -0.469 e. The number of ether oxygens (including phenoxy) is 17. The molecule has 0 aromatic heterocycles. The molecule has 0 aromatic rings. The fourth-order valence-corrected chi connectivity index (χ4v) is 33.9. The van der Waals surface area contributed by atoms with E-state index in [1.807, 2.05) is 6.07 Å². The predicted molar refractivity (Wildman–Crippen MR) is 419 cm³/mol. The summed E-state index contributed by atoms with van der Waals surface area (Å²) in [5.74, 6) is -11.9. The smallest absolute Gasteiger partial charge is 0.413 e. The number of nitrogens with zero attached hydrogens (tertiary/aromatic N) is 2. The second kappa shape index (κ2) is 35.5. The lowest BCUT2D eigenvalue weighted by atomic mass is 9.77. The van der Waals surface area contributed by atoms with Crippen LogP contribution in [0.25, 0.3) is 0 Å². The Labute approximate surface area is 781 Å². The van der Waals surface area contributed by atoms with Crippen LogP contribution >= 0.6 is 0 Å².